The molecule has 2 N–H and O–H groups in total. The van der Waals surface area contributed by atoms with E-state index in [-0.39, 0.29) is 10.9 Å². The first-order valence-electron chi connectivity index (χ1n) is 5.84. The summed E-state index contributed by atoms with van der Waals surface area (Å²) in [5.41, 5.74) is 0.975. The van der Waals surface area contributed by atoms with E-state index in [0.717, 1.165) is 5.56 Å². The van der Waals surface area contributed by atoms with Gasteiger partial charge in [0, 0.05) is 30.9 Å². The Morgan fingerprint density at radius 2 is 2.05 bits per heavy atom. The molecule has 104 valence electrons. The number of aromatic nitrogens is 4. The quantitative estimate of drug-likeness (QED) is 0.880. The van der Waals surface area contributed by atoms with Gasteiger partial charge in [0.25, 0.3) is 10.0 Å². The molecule has 7 nitrogen and oxygen atoms in total. The van der Waals surface area contributed by atoms with E-state index in [9.17, 15) is 8.42 Å². The first kappa shape index (κ1) is 13.8. The highest BCUT2D eigenvalue weighted by Crippen LogP contribution is 2.18. The first-order chi connectivity index (χ1) is 8.77. The van der Waals surface area contributed by atoms with Crippen LogP contribution in [0.15, 0.2) is 23.6 Å². The topological polar surface area (TPSA) is 95.8 Å². The fourth-order valence-electron chi connectivity index (χ4n) is 1.88. The molecule has 2 aromatic rings. The molecule has 0 aliphatic rings. The summed E-state index contributed by atoms with van der Waals surface area (Å²) in [6, 6.07) is 0. The van der Waals surface area contributed by atoms with Crippen LogP contribution in [0.3, 0.4) is 0 Å². The molecule has 0 aliphatic heterocycles. The number of primary sulfonamides is 1. The first-order valence-corrected chi connectivity index (χ1v) is 7.39. The van der Waals surface area contributed by atoms with Gasteiger partial charge in [-0.15, -0.1) is 0 Å². The Morgan fingerprint density at radius 1 is 1.37 bits per heavy atom. The monoisotopic (exact) mass is 283 g/mol. The average Bonchev–Trinajstić information content (AvgIpc) is 2.85. The average molecular weight is 283 g/mol. The van der Waals surface area contributed by atoms with Gasteiger partial charge in [0.05, 0.1) is 12.7 Å². The Kier molecular flexibility index (Phi) is 3.46. The lowest BCUT2D eigenvalue weighted by molar-refractivity contribution is 0.594. The maximum atomic E-state index is 11.4. The maximum Gasteiger partial charge on any atom is 0.257 e. The van der Waals surface area contributed by atoms with Crippen LogP contribution in [0, 0.1) is 0 Å². The summed E-state index contributed by atoms with van der Waals surface area (Å²) >= 11 is 0. The van der Waals surface area contributed by atoms with Crippen LogP contribution < -0.4 is 5.14 Å². The van der Waals surface area contributed by atoms with Crippen molar-refractivity contribution < 1.29 is 8.42 Å². The molecule has 0 radical (unpaired) electrons. The van der Waals surface area contributed by atoms with Crippen molar-refractivity contribution in [2.45, 2.75) is 31.3 Å². The third-order valence-corrected chi connectivity index (χ3v) is 3.48. The molecule has 19 heavy (non-hydrogen) atoms. The second-order valence-corrected chi connectivity index (χ2v) is 6.30. The van der Waals surface area contributed by atoms with E-state index in [4.69, 9.17) is 5.14 Å². The Labute approximate surface area is 112 Å². The van der Waals surface area contributed by atoms with Crippen LogP contribution in [0.25, 0.3) is 0 Å². The van der Waals surface area contributed by atoms with Crippen LogP contribution in [0.2, 0.25) is 0 Å². The molecular weight excluding hydrogens is 266 g/mol. The van der Waals surface area contributed by atoms with Crippen molar-refractivity contribution in [3.63, 3.8) is 0 Å². The molecule has 0 spiro atoms. The largest absolute Gasteiger partial charge is 0.329 e. The third kappa shape index (κ3) is 3.02. The number of rotatable bonds is 4. The molecule has 2 rings (SSSR count). The summed E-state index contributed by atoms with van der Waals surface area (Å²) in [4.78, 5) is 4.11. The van der Waals surface area contributed by atoms with Crippen molar-refractivity contribution >= 4 is 10.0 Å². The Morgan fingerprint density at radius 3 is 2.53 bits per heavy atom. The maximum absolute atomic E-state index is 11.4. The van der Waals surface area contributed by atoms with E-state index >= 15 is 0 Å². The van der Waals surface area contributed by atoms with Crippen LogP contribution >= 0.6 is 0 Å². The minimum absolute atomic E-state index is 0.0971. The second kappa shape index (κ2) is 4.78. The molecule has 0 saturated heterocycles. The van der Waals surface area contributed by atoms with Crippen LogP contribution in [-0.2, 0) is 23.6 Å². The number of hydrogen-bond donors (Lipinski definition) is 1. The normalized spacial score (nSPS) is 12.3. The molecule has 2 aromatic heterocycles. The zero-order valence-electron chi connectivity index (χ0n) is 11.1. The smallest absolute Gasteiger partial charge is 0.257 e. The van der Waals surface area contributed by atoms with Crippen LogP contribution in [-0.4, -0.2) is 27.7 Å². The van der Waals surface area contributed by atoms with Crippen molar-refractivity contribution in [3.05, 3.63) is 30.0 Å². The highest BCUT2D eigenvalue weighted by Gasteiger charge is 2.18. The number of nitrogens with two attached hydrogens (primary N) is 1. The highest BCUT2D eigenvalue weighted by atomic mass is 32.2. The van der Waals surface area contributed by atoms with E-state index in [1.165, 1.54) is 6.20 Å². The van der Waals surface area contributed by atoms with Gasteiger partial charge in [0.2, 0.25) is 0 Å². The van der Waals surface area contributed by atoms with Crippen molar-refractivity contribution in [2.75, 3.05) is 0 Å². The summed E-state index contributed by atoms with van der Waals surface area (Å²) in [6.07, 6.45) is 5.08. The van der Waals surface area contributed by atoms with Gasteiger partial charge in [-0.25, -0.2) is 18.5 Å². The summed E-state index contributed by atoms with van der Waals surface area (Å²) in [6.45, 7) is 4.42. The predicted molar refractivity (Wildman–Crippen MR) is 70.0 cm³/mol. The zero-order valence-corrected chi connectivity index (χ0v) is 11.9. The number of hydrogen-bond acceptors (Lipinski definition) is 4. The van der Waals surface area contributed by atoms with Crippen molar-refractivity contribution in [1.82, 2.24) is 19.3 Å². The predicted octanol–water partition coefficient (Wildman–Crippen LogP) is 0.436. The zero-order chi connectivity index (χ0) is 14.2. The fourth-order valence-corrected chi connectivity index (χ4v) is 2.38. The lowest BCUT2D eigenvalue weighted by Crippen LogP contribution is -2.12. The molecule has 2 heterocycles. The molecule has 0 aliphatic carbocycles. The summed E-state index contributed by atoms with van der Waals surface area (Å²) < 4.78 is 26.2. The van der Waals surface area contributed by atoms with E-state index in [1.807, 2.05) is 27.1 Å². The fraction of sp³-hybridized carbons (Fsp3) is 0.455. The summed E-state index contributed by atoms with van der Waals surface area (Å²) in [5, 5.41) is 9.10. The molecular formula is C11H17N5O2S. The van der Waals surface area contributed by atoms with Crippen molar-refractivity contribution in [3.8, 4) is 0 Å². The number of aryl methyl sites for hydroxylation is 1. The molecule has 0 saturated carbocycles. The summed E-state index contributed by atoms with van der Waals surface area (Å²) in [7, 11) is -1.95. The van der Waals surface area contributed by atoms with Gasteiger partial charge in [-0.1, -0.05) is 13.8 Å². The number of sulfonamides is 1. The van der Waals surface area contributed by atoms with Gasteiger partial charge in [-0.3, -0.25) is 4.68 Å². The lowest BCUT2D eigenvalue weighted by Gasteiger charge is -2.08. The Balaban J connectivity index is 2.41. The minimum Gasteiger partial charge on any atom is -0.329 e. The number of nitrogens with zero attached hydrogens (tertiary/aromatic N) is 4. The molecule has 0 atom stereocenters. The lowest BCUT2D eigenvalue weighted by atomic mass is 10.2. The summed E-state index contributed by atoms with van der Waals surface area (Å²) in [5.74, 6) is 0.792. The SMILES string of the molecule is CC(C)c1nc(S(N)(=O)=O)cn1Cc1cnn(C)c1. The highest BCUT2D eigenvalue weighted by molar-refractivity contribution is 7.89. The van der Waals surface area contributed by atoms with Gasteiger partial charge in [0.1, 0.15) is 5.82 Å². The molecule has 0 fully saturated rings. The molecule has 0 aromatic carbocycles. The van der Waals surface area contributed by atoms with E-state index in [0.29, 0.717) is 12.4 Å². The van der Waals surface area contributed by atoms with Gasteiger partial charge >= 0.3 is 0 Å². The van der Waals surface area contributed by atoms with Gasteiger partial charge in [-0.2, -0.15) is 5.10 Å². The third-order valence-electron chi connectivity index (χ3n) is 2.70. The Hall–Kier alpha value is -1.67. The van der Waals surface area contributed by atoms with Crippen LogP contribution in [0.5, 0.6) is 0 Å². The van der Waals surface area contributed by atoms with E-state index < -0.39 is 10.0 Å². The number of imidazole rings is 1. The Bertz CT molecular complexity index is 684. The van der Waals surface area contributed by atoms with Gasteiger partial charge in [-0.05, 0) is 0 Å². The van der Waals surface area contributed by atoms with Crippen molar-refractivity contribution in [2.24, 2.45) is 12.2 Å². The molecule has 0 unspecified atom stereocenters. The van der Waals surface area contributed by atoms with E-state index in [1.54, 1.807) is 15.4 Å². The van der Waals surface area contributed by atoms with E-state index in [2.05, 4.69) is 10.1 Å². The van der Waals surface area contributed by atoms with Crippen LogP contribution in [0.1, 0.15) is 31.2 Å². The second-order valence-electron chi connectivity index (χ2n) is 4.79. The van der Waals surface area contributed by atoms with Gasteiger partial charge < -0.3 is 4.57 Å². The van der Waals surface area contributed by atoms with Gasteiger partial charge in [0.15, 0.2) is 5.03 Å². The molecule has 0 bridgehead atoms. The molecule has 8 heteroatoms. The minimum atomic E-state index is -3.78. The van der Waals surface area contributed by atoms with Crippen LogP contribution in [0.4, 0.5) is 0 Å². The molecule has 0 amide bonds. The van der Waals surface area contributed by atoms with Crippen molar-refractivity contribution in [1.29, 1.82) is 0 Å². The standard InChI is InChI=1S/C11H17N5O2S/c1-8(2)11-14-10(19(12,17)18)7-16(11)6-9-4-13-15(3)5-9/h4-5,7-8H,6H2,1-3H3,(H2,12,17,18).